The maximum absolute atomic E-state index is 14.4. The van der Waals surface area contributed by atoms with Crippen molar-refractivity contribution in [2.24, 2.45) is 17.8 Å². The number of benzene rings is 3. The largest absolute Gasteiger partial charge is 0.489 e. The molecule has 272 valence electrons. The van der Waals surface area contributed by atoms with Gasteiger partial charge in [0.2, 0.25) is 11.8 Å². The molecule has 0 saturated carbocycles. The number of hydrogen-bond acceptors (Lipinski definition) is 9. The third-order valence-electron chi connectivity index (χ3n) is 10.5. The number of fused-ring (bicyclic) bond motifs is 3. The van der Waals surface area contributed by atoms with E-state index in [9.17, 15) is 19.7 Å². The molecule has 2 fully saturated rings. The minimum atomic E-state index is -1.13. The highest BCUT2D eigenvalue weighted by Gasteiger charge is 2.57. The van der Waals surface area contributed by atoms with Crippen LogP contribution in [0.25, 0.3) is 11.6 Å². The van der Waals surface area contributed by atoms with Crippen LogP contribution in [0.1, 0.15) is 36.5 Å². The van der Waals surface area contributed by atoms with Gasteiger partial charge in [0, 0.05) is 17.6 Å². The number of amides is 2. The van der Waals surface area contributed by atoms with Crippen LogP contribution in [-0.4, -0.2) is 46.8 Å². The van der Waals surface area contributed by atoms with Gasteiger partial charge in [0.05, 0.1) is 29.3 Å². The lowest BCUT2D eigenvalue weighted by Gasteiger charge is -2.43. The van der Waals surface area contributed by atoms with E-state index < -0.39 is 31.0 Å². The fraction of sp³-hybridized carbons (Fsp3) is 0.233. The smallest absolute Gasteiger partial charge is 0.455 e. The Hall–Kier alpha value is -5.75. The summed E-state index contributed by atoms with van der Waals surface area (Å²) in [5, 5.41) is 24.1. The Morgan fingerprint density at radius 2 is 1.63 bits per heavy atom. The van der Waals surface area contributed by atoms with E-state index in [4.69, 9.17) is 13.8 Å². The Kier molecular flexibility index (Phi) is 10.3. The number of anilines is 3. The average Bonchev–Trinajstić information content (AvgIpc) is 3.77. The number of pyridine rings is 1. The molecule has 11 heteroatoms. The van der Waals surface area contributed by atoms with Gasteiger partial charge in [0.1, 0.15) is 30.5 Å². The van der Waals surface area contributed by atoms with Crippen molar-refractivity contribution in [2.75, 3.05) is 16.8 Å². The molecule has 54 heavy (non-hydrogen) atoms. The first kappa shape index (κ1) is 35.3. The van der Waals surface area contributed by atoms with Crippen LogP contribution < -0.4 is 15.0 Å². The Morgan fingerprint density at radius 3 is 2.35 bits per heavy atom. The number of carbonyl (C=O) groups excluding carboxylic acids is 2. The molecular weight excluding hydrogens is 681 g/mol. The number of aliphatic hydroxyl groups excluding tert-OH is 1. The van der Waals surface area contributed by atoms with Gasteiger partial charge < -0.3 is 29.3 Å². The van der Waals surface area contributed by atoms with E-state index in [2.05, 4.69) is 10.3 Å². The number of furan rings is 1. The van der Waals surface area contributed by atoms with Crippen molar-refractivity contribution < 1.29 is 33.5 Å². The molecule has 2 aromatic heterocycles. The summed E-state index contributed by atoms with van der Waals surface area (Å²) in [7, 11) is -1.13. The number of aromatic nitrogens is 1. The van der Waals surface area contributed by atoms with Crippen molar-refractivity contribution in [2.45, 2.75) is 38.3 Å². The number of rotatable bonds is 12. The van der Waals surface area contributed by atoms with Crippen molar-refractivity contribution in [3.05, 3.63) is 150 Å². The van der Waals surface area contributed by atoms with E-state index in [1.165, 1.54) is 4.90 Å². The molecule has 3 aromatic carbocycles. The zero-order chi connectivity index (χ0) is 37.0. The summed E-state index contributed by atoms with van der Waals surface area (Å²) in [5.74, 6) is -0.456. The minimum absolute atomic E-state index is 0.188. The molecule has 2 amide bonds. The molecule has 0 bridgehead atoms. The quantitative estimate of drug-likeness (QED) is 0.0689. The number of carbonyl (C=O) groups is 2. The van der Waals surface area contributed by atoms with Crippen molar-refractivity contribution >= 4 is 47.6 Å². The third kappa shape index (κ3) is 7.39. The van der Waals surface area contributed by atoms with Crippen LogP contribution in [0.3, 0.4) is 0 Å². The van der Waals surface area contributed by atoms with Crippen LogP contribution in [0, 0.1) is 17.8 Å². The predicted octanol–water partition coefficient (Wildman–Crippen LogP) is 7.31. The molecular formula is C43H40BN3O7. The highest BCUT2D eigenvalue weighted by molar-refractivity contribution is 6.43. The van der Waals surface area contributed by atoms with Gasteiger partial charge in [0.15, 0.2) is 0 Å². The summed E-state index contributed by atoms with van der Waals surface area (Å²) < 4.78 is 18.4. The Balaban J connectivity index is 1.10. The second-order valence-electron chi connectivity index (χ2n) is 13.9. The SMILES string of the molecule is O=C1[C@@H]2[C@@H](CC(COc3ccccc3)=C3[C@@H](CC/C(=C/c4ccc(CO)o4)c4ccccn4)OB(O)C[C@@H]32)C(=O)N1c1ccc(Nc2ccccc2)cc1. The van der Waals surface area contributed by atoms with Crippen LogP contribution in [0.5, 0.6) is 5.75 Å². The number of para-hydroxylation sites is 2. The Labute approximate surface area is 313 Å². The first-order valence-corrected chi connectivity index (χ1v) is 18.3. The Bertz CT molecular complexity index is 2160. The molecule has 8 rings (SSSR count). The molecule has 0 unspecified atom stereocenters. The number of allylic oxidation sites excluding steroid dienone is 1. The van der Waals surface area contributed by atoms with Crippen molar-refractivity contribution in [1.82, 2.24) is 4.98 Å². The fourth-order valence-corrected chi connectivity index (χ4v) is 8.06. The lowest BCUT2D eigenvalue weighted by atomic mass is 9.58. The summed E-state index contributed by atoms with van der Waals surface area (Å²) in [6, 6.07) is 35.8. The summed E-state index contributed by atoms with van der Waals surface area (Å²) in [6.45, 7) is 0.0110. The highest BCUT2D eigenvalue weighted by atomic mass is 16.5. The number of imide groups is 1. The average molecular weight is 722 g/mol. The molecule has 10 nitrogen and oxygen atoms in total. The van der Waals surface area contributed by atoms with Gasteiger partial charge in [-0.15, -0.1) is 0 Å². The molecule has 0 radical (unpaired) electrons. The molecule has 2 aliphatic heterocycles. The van der Waals surface area contributed by atoms with Gasteiger partial charge in [-0.25, -0.2) is 0 Å². The van der Waals surface area contributed by atoms with Crippen LogP contribution in [-0.2, 0) is 20.9 Å². The zero-order valence-electron chi connectivity index (χ0n) is 29.6. The number of nitrogens with zero attached hydrogens (tertiary/aromatic N) is 2. The second-order valence-corrected chi connectivity index (χ2v) is 13.9. The second kappa shape index (κ2) is 15.7. The molecule has 3 aliphatic rings. The predicted molar refractivity (Wildman–Crippen MR) is 206 cm³/mol. The van der Waals surface area contributed by atoms with Crippen LogP contribution in [0.2, 0.25) is 6.32 Å². The van der Waals surface area contributed by atoms with E-state index in [1.807, 2.05) is 97.1 Å². The van der Waals surface area contributed by atoms with Crippen LogP contribution in [0.4, 0.5) is 17.1 Å². The summed E-state index contributed by atoms with van der Waals surface area (Å²) in [5.41, 5.74) is 5.75. The number of hydrogen-bond donors (Lipinski definition) is 3. The third-order valence-corrected chi connectivity index (χ3v) is 10.5. The summed E-state index contributed by atoms with van der Waals surface area (Å²) >= 11 is 0. The van der Waals surface area contributed by atoms with Gasteiger partial charge in [-0.2, -0.15) is 0 Å². The van der Waals surface area contributed by atoms with E-state index in [1.54, 1.807) is 30.5 Å². The normalized spacial score (nSPS) is 21.3. The van der Waals surface area contributed by atoms with Crippen molar-refractivity contribution in [3.63, 3.8) is 0 Å². The van der Waals surface area contributed by atoms with Gasteiger partial charge >= 0.3 is 7.12 Å². The zero-order valence-corrected chi connectivity index (χ0v) is 29.6. The lowest BCUT2D eigenvalue weighted by molar-refractivity contribution is -0.122. The van der Waals surface area contributed by atoms with Gasteiger partial charge in [-0.05, 0) is 127 Å². The Morgan fingerprint density at radius 1 is 0.889 bits per heavy atom. The van der Waals surface area contributed by atoms with Crippen LogP contribution >= 0.6 is 0 Å². The van der Waals surface area contributed by atoms with Gasteiger partial charge in [-0.1, -0.05) is 42.5 Å². The topological polar surface area (TPSA) is 134 Å². The first-order valence-electron chi connectivity index (χ1n) is 18.3. The molecule has 2 saturated heterocycles. The number of ether oxygens (including phenoxy) is 1. The lowest BCUT2D eigenvalue weighted by Crippen LogP contribution is -2.46. The van der Waals surface area contributed by atoms with Crippen LogP contribution in [0.15, 0.2) is 137 Å². The van der Waals surface area contributed by atoms with Gasteiger partial charge in [0.25, 0.3) is 0 Å². The fourth-order valence-electron chi connectivity index (χ4n) is 8.06. The van der Waals surface area contributed by atoms with Gasteiger partial charge in [-0.3, -0.25) is 19.5 Å². The molecule has 3 N–H and O–H groups in total. The maximum atomic E-state index is 14.4. The highest BCUT2D eigenvalue weighted by Crippen LogP contribution is 2.51. The summed E-state index contributed by atoms with van der Waals surface area (Å²) in [4.78, 5) is 34.6. The van der Waals surface area contributed by atoms with E-state index in [-0.39, 0.29) is 31.3 Å². The standard InChI is InChI=1S/C43H40BN3O7/c48-26-35-20-19-34(53-35)23-28(38-13-7-8-22-45-38)14-21-39-40-29(27-52-33-11-5-2-6-12-33)24-36-41(37(40)25-44(51)54-39)43(50)47(42(36)49)32-17-15-31(16-18-32)46-30-9-3-1-4-10-30/h1-13,15-20,22-23,36-37,39,41,46,48,51H,14,21,24-27H2/b28-23-/t36-,37+,39-,41-/m1/s1. The number of aliphatic hydroxyl groups is 1. The molecule has 1 aliphatic carbocycles. The maximum Gasteiger partial charge on any atom is 0.455 e. The molecule has 4 atom stereocenters. The molecule has 5 aromatic rings. The molecule has 0 spiro atoms. The number of nitrogens with one attached hydrogen (secondary N) is 1. The minimum Gasteiger partial charge on any atom is -0.489 e. The van der Waals surface area contributed by atoms with E-state index in [0.29, 0.717) is 42.2 Å². The monoisotopic (exact) mass is 721 g/mol. The van der Waals surface area contributed by atoms with E-state index in [0.717, 1.165) is 33.8 Å². The first-order chi connectivity index (χ1) is 26.4. The summed E-state index contributed by atoms with van der Waals surface area (Å²) in [6.07, 6.45) is 4.58. The van der Waals surface area contributed by atoms with Crippen molar-refractivity contribution in [3.8, 4) is 5.75 Å². The van der Waals surface area contributed by atoms with Crippen molar-refractivity contribution in [1.29, 1.82) is 0 Å². The van der Waals surface area contributed by atoms with E-state index >= 15 is 0 Å². The molecule has 4 heterocycles.